The van der Waals surface area contributed by atoms with E-state index in [4.69, 9.17) is 5.73 Å². The van der Waals surface area contributed by atoms with Crippen molar-refractivity contribution in [3.05, 3.63) is 42.0 Å². The van der Waals surface area contributed by atoms with E-state index >= 15 is 0 Å². The highest BCUT2D eigenvalue weighted by Crippen LogP contribution is 2.26. The summed E-state index contributed by atoms with van der Waals surface area (Å²) in [5.74, 6) is 0. The van der Waals surface area contributed by atoms with Crippen LogP contribution in [-0.4, -0.2) is 0 Å². The highest BCUT2D eigenvalue weighted by molar-refractivity contribution is 5.94. The fourth-order valence-electron chi connectivity index (χ4n) is 2.32. The van der Waals surface area contributed by atoms with Gasteiger partial charge in [-0.2, -0.15) is 0 Å². The number of fused-ring (bicyclic) bond motifs is 1. The summed E-state index contributed by atoms with van der Waals surface area (Å²) in [5, 5.41) is 2.34. The molecule has 1 nitrogen and oxygen atoms in total. The molecule has 89 valence electrons. The number of hydrogen-bond acceptors (Lipinski definition) is 0. The fraction of sp³-hybridized carbons (Fsp3) is 0.375. The van der Waals surface area contributed by atoms with Gasteiger partial charge in [-0.1, -0.05) is 56.5 Å². The van der Waals surface area contributed by atoms with Gasteiger partial charge in [-0.15, -0.1) is 0 Å². The number of unbranched alkanes of at least 4 members (excludes halogenated alkanes) is 3. The van der Waals surface area contributed by atoms with E-state index in [1.165, 1.54) is 36.6 Å². The number of benzene rings is 2. The Bertz CT molecular complexity index is 488. The van der Waals surface area contributed by atoms with E-state index < -0.39 is 0 Å². The molecule has 0 saturated carbocycles. The summed E-state index contributed by atoms with van der Waals surface area (Å²) in [6, 6.07) is 12.3. The molecule has 1 heteroatoms. The van der Waals surface area contributed by atoms with Gasteiger partial charge in [-0.25, -0.2) is 0 Å². The van der Waals surface area contributed by atoms with Crippen LogP contribution in [0.2, 0.25) is 0 Å². The molecule has 0 saturated heterocycles. The topological polar surface area (TPSA) is 23.8 Å². The second-order valence-corrected chi connectivity index (χ2v) is 4.63. The van der Waals surface area contributed by atoms with Crippen LogP contribution in [0, 0.1) is 0 Å². The SMILES string of the molecule is CCCCCCc1ccc([NH])c2ccccc12. The van der Waals surface area contributed by atoms with Crippen LogP contribution in [0.25, 0.3) is 10.8 Å². The van der Waals surface area contributed by atoms with E-state index in [0.29, 0.717) is 5.69 Å². The molecule has 1 N–H and O–H groups in total. The van der Waals surface area contributed by atoms with Crippen molar-refractivity contribution in [2.24, 2.45) is 0 Å². The third-order valence-electron chi connectivity index (χ3n) is 3.31. The lowest BCUT2D eigenvalue weighted by Crippen LogP contribution is -1.89. The van der Waals surface area contributed by atoms with Crippen LogP contribution >= 0.6 is 0 Å². The minimum atomic E-state index is 0.637. The van der Waals surface area contributed by atoms with Gasteiger partial charge in [0, 0.05) is 5.39 Å². The predicted molar refractivity (Wildman–Crippen MR) is 74.6 cm³/mol. The molecular weight excluding hydrogens is 206 g/mol. The maximum atomic E-state index is 7.90. The minimum absolute atomic E-state index is 0.637. The van der Waals surface area contributed by atoms with Gasteiger partial charge < -0.3 is 5.73 Å². The van der Waals surface area contributed by atoms with Gasteiger partial charge in [-0.05, 0) is 29.9 Å². The molecule has 1 radical (unpaired) electrons. The first-order valence-electron chi connectivity index (χ1n) is 6.55. The Kier molecular flexibility index (Phi) is 4.03. The lowest BCUT2D eigenvalue weighted by Gasteiger charge is -2.08. The normalized spacial score (nSPS) is 10.9. The van der Waals surface area contributed by atoms with Gasteiger partial charge in [0.1, 0.15) is 0 Å². The number of nitrogens with one attached hydrogen (secondary N) is 1. The Morgan fingerprint density at radius 2 is 1.65 bits per heavy atom. The molecule has 2 rings (SSSR count). The van der Waals surface area contributed by atoms with Gasteiger partial charge in [0.2, 0.25) is 0 Å². The zero-order chi connectivity index (χ0) is 12.1. The smallest absolute Gasteiger partial charge is 0.0618 e. The number of rotatable bonds is 5. The van der Waals surface area contributed by atoms with Crippen LogP contribution in [-0.2, 0) is 6.42 Å². The fourth-order valence-corrected chi connectivity index (χ4v) is 2.32. The standard InChI is InChI=1S/C16H20N/c1-2-3-4-5-8-13-11-12-16(17)15-10-7-6-9-14(13)15/h6-7,9-12,17H,2-5,8H2,1H3. The molecule has 0 fully saturated rings. The molecular formula is C16H20N. The lowest BCUT2D eigenvalue weighted by atomic mass is 9.98. The van der Waals surface area contributed by atoms with Crippen LogP contribution in [0.3, 0.4) is 0 Å². The second-order valence-electron chi connectivity index (χ2n) is 4.63. The van der Waals surface area contributed by atoms with Crippen molar-refractivity contribution < 1.29 is 0 Å². The largest absolute Gasteiger partial charge is 0.300 e. The summed E-state index contributed by atoms with van der Waals surface area (Å²) >= 11 is 0. The molecule has 0 heterocycles. The zero-order valence-corrected chi connectivity index (χ0v) is 10.5. The minimum Gasteiger partial charge on any atom is -0.300 e. The summed E-state index contributed by atoms with van der Waals surface area (Å²) in [6.07, 6.45) is 6.32. The first kappa shape index (κ1) is 12.0. The Hall–Kier alpha value is -1.50. The second kappa shape index (κ2) is 5.72. The van der Waals surface area contributed by atoms with Gasteiger partial charge in [0.25, 0.3) is 0 Å². The third-order valence-corrected chi connectivity index (χ3v) is 3.31. The van der Waals surface area contributed by atoms with E-state index in [2.05, 4.69) is 25.1 Å². The van der Waals surface area contributed by atoms with Gasteiger partial charge in [-0.3, -0.25) is 0 Å². The van der Waals surface area contributed by atoms with Crippen molar-refractivity contribution in [2.75, 3.05) is 0 Å². The quantitative estimate of drug-likeness (QED) is 0.649. The van der Waals surface area contributed by atoms with Crippen LogP contribution in [0.1, 0.15) is 38.2 Å². The molecule has 0 unspecified atom stereocenters. The van der Waals surface area contributed by atoms with Gasteiger partial charge in [0.15, 0.2) is 0 Å². The van der Waals surface area contributed by atoms with E-state index in [1.54, 1.807) is 0 Å². The first-order chi connectivity index (χ1) is 8.33. The van der Waals surface area contributed by atoms with Crippen molar-refractivity contribution in [3.8, 4) is 0 Å². The molecule has 17 heavy (non-hydrogen) atoms. The van der Waals surface area contributed by atoms with Gasteiger partial charge >= 0.3 is 0 Å². The molecule has 0 aromatic heterocycles. The molecule has 2 aromatic carbocycles. The van der Waals surface area contributed by atoms with Crippen molar-refractivity contribution >= 4 is 16.5 Å². The Balaban J connectivity index is 2.20. The molecule has 0 amide bonds. The Morgan fingerprint density at radius 3 is 2.41 bits per heavy atom. The van der Waals surface area contributed by atoms with E-state index in [-0.39, 0.29) is 0 Å². The van der Waals surface area contributed by atoms with E-state index in [0.717, 1.165) is 11.8 Å². The predicted octanol–water partition coefficient (Wildman–Crippen LogP) is 4.88. The molecule has 0 atom stereocenters. The summed E-state index contributed by atoms with van der Waals surface area (Å²) in [7, 11) is 0. The molecule has 0 bridgehead atoms. The lowest BCUT2D eigenvalue weighted by molar-refractivity contribution is 0.668. The van der Waals surface area contributed by atoms with Crippen LogP contribution in [0.5, 0.6) is 0 Å². The zero-order valence-electron chi connectivity index (χ0n) is 10.5. The Labute approximate surface area is 104 Å². The molecule has 0 spiro atoms. The molecule has 2 aromatic rings. The highest BCUT2D eigenvalue weighted by Gasteiger charge is 2.03. The average Bonchev–Trinajstić information content (AvgIpc) is 2.37. The van der Waals surface area contributed by atoms with Crippen molar-refractivity contribution in [1.82, 2.24) is 5.73 Å². The van der Waals surface area contributed by atoms with Gasteiger partial charge in [0.05, 0.1) is 5.69 Å². The summed E-state index contributed by atoms with van der Waals surface area (Å²) < 4.78 is 0. The van der Waals surface area contributed by atoms with E-state index in [9.17, 15) is 0 Å². The third kappa shape index (κ3) is 2.79. The van der Waals surface area contributed by atoms with Crippen molar-refractivity contribution in [3.63, 3.8) is 0 Å². The monoisotopic (exact) mass is 226 g/mol. The summed E-state index contributed by atoms with van der Waals surface area (Å²) in [6.45, 7) is 2.24. The Morgan fingerprint density at radius 1 is 0.882 bits per heavy atom. The maximum absolute atomic E-state index is 7.90. The average molecular weight is 226 g/mol. The highest BCUT2D eigenvalue weighted by atomic mass is 14.5. The molecule has 0 aliphatic heterocycles. The summed E-state index contributed by atoms with van der Waals surface area (Å²) in [4.78, 5) is 0. The number of hydrogen-bond donors (Lipinski definition) is 0. The molecule has 0 aliphatic rings. The van der Waals surface area contributed by atoms with Crippen LogP contribution in [0.15, 0.2) is 36.4 Å². The maximum Gasteiger partial charge on any atom is 0.0618 e. The first-order valence-corrected chi connectivity index (χ1v) is 6.55. The number of aryl methyl sites for hydroxylation is 1. The van der Waals surface area contributed by atoms with E-state index in [1.807, 2.05) is 18.2 Å². The van der Waals surface area contributed by atoms with Crippen LogP contribution < -0.4 is 5.73 Å². The molecule has 0 aliphatic carbocycles. The van der Waals surface area contributed by atoms with Crippen molar-refractivity contribution in [1.29, 1.82) is 0 Å². The summed E-state index contributed by atoms with van der Waals surface area (Å²) in [5.41, 5.74) is 9.94. The van der Waals surface area contributed by atoms with Crippen LogP contribution in [0.4, 0.5) is 5.69 Å². The van der Waals surface area contributed by atoms with Crippen molar-refractivity contribution in [2.45, 2.75) is 39.0 Å².